The maximum atomic E-state index is 12.9. The second-order valence-corrected chi connectivity index (χ2v) is 6.74. The Morgan fingerprint density at radius 1 is 1.42 bits per heavy atom. The Labute approximate surface area is 139 Å². The summed E-state index contributed by atoms with van der Waals surface area (Å²) in [5.41, 5.74) is -1.93. The molecule has 0 unspecified atom stereocenters. The summed E-state index contributed by atoms with van der Waals surface area (Å²) in [6, 6.07) is 2.11. The Morgan fingerprint density at radius 2 is 2.12 bits per heavy atom. The topological polar surface area (TPSA) is 63.2 Å². The van der Waals surface area contributed by atoms with Crippen LogP contribution in [0.2, 0.25) is 0 Å². The number of hydrogen-bond acceptors (Lipinski definition) is 4. The number of carbonyl (C=O) groups excluding carboxylic acids is 1. The van der Waals surface area contributed by atoms with Gasteiger partial charge in [-0.05, 0) is 38.4 Å². The molecule has 0 radical (unpaired) electrons. The molecular weight excluding hydrogens is 323 g/mol. The molecule has 0 spiro atoms. The van der Waals surface area contributed by atoms with E-state index in [0.29, 0.717) is 12.5 Å². The lowest BCUT2D eigenvalue weighted by molar-refractivity contribution is -0.139. The molecule has 1 fully saturated rings. The second kappa shape index (κ2) is 6.96. The fraction of sp³-hybridized carbons (Fsp3) is 0.625. The molecule has 0 saturated carbocycles. The van der Waals surface area contributed by atoms with E-state index in [2.05, 4.69) is 15.6 Å². The van der Waals surface area contributed by atoms with E-state index in [1.807, 2.05) is 6.92 Å². The number of ether oxygens (including phenoxy) is 1. The Morgan fingerprint density at radius 3 is 2.71 bits per heavy atom. The monoisotopic (exact) mass is 345 g/mol. The van der Waals surface area contributed by atoms with Crippen molar-refractivity contribution in [2.24, 2.45) is 11.3 Å². The number of nitrogens with zero attached hydrogens (tertiary/aromatic N) is 1. The Balaban J connectivity index is 2.01. The number of alkyl halides is 3. The first-order valence-electron chi connectivity index (χ1n) is 7.78. The molecule has 134 valence electrons. The van der Waals surface area contributed by atoms with Crippen LogP contribution in [-0.4, -0.2) is 36.6 Å². The van der Waals surface area contributed by atoms with Gasteiger partial charge in [0.2, 0.25) is 11.8 Å². The van der Waals surface area contributed by atoms with Gasteiger partial charge in [-0.2, -0.15) is 13.2 Å². The third-order valence-corrected chi connectivity index (χ3v) is 4.09. The third kappa shape index (κ3) is 4.37. The number of aromatic nitrogens is 1. The molecule has 1 aromatic heterocycles. The first-order chi connectivity index (χ1) is 11.1. The lowest BCUT2D eigenvalue weighted by Crippen LogP contribution is -2.48. The van der Waals surface area contributed by atoms with Crippen LogP contribution in [0.4, 0.5) is 13.2 Å². The summed E-state index contributed by atoms with van der Waals surface area (Å²) in [5, 5.41) is 6.11. The number of nitrogens with one attached hydrogen (secondary N) is 2. The fourth-order valence-corrected chi connectivity index (χ4v) is 2.40. The highest BCUT2D eigenvalue weighted by Gasteiger charge is 2.37. The summed E-state index contributed by atoms with van der Waals surface area (Å²) < 4.78 is 44.0. The number of carbonyl (C=O) groups is 1. The highest BCUT2D eigenvalue weighted by atomic mass is 19.4. The van der Waals surface area contributed by atoms with Gasteiger partial charge in [-0.1, -0.05) is 6.92 Å². The van der Waals surface area contributed by atoms with Crippen molar-refractivity contribution in [1.82, 2.24) is 15.6 Å². The lowest BCUT2D eigenvalue weighted by atomic mass is 9.92. The molecular formula is C16H22F3N3O2. The minimum absolute atomic E-state index is 0.0114. The predicted molar refractivity (Wildman–Crippen MR) is 82.5 cm³/mol. The summed E-state index contributed by atoms with van der Waals surface area (Å²) in [4.78, 5) is 16.0. The van der Waals surface area contributed by atoms with E-state index in [4.69, 9.17) is 4.74 Å². The van der Waals surface area contributed by atoms with Crippen LogP contribution in [0.25, 0.3) is 0 Å². The normalized spacial score (nSPS) is 21.6. The highest BCUT2D eigenvalue weighted by molar-refractivity contribution is 5.82. The van der Waals surface area contributed by atoms with Crippen LogP contribution in [0, 0.1) is 11.3 Å². The third-order valence-electron chi connectivity index (χ3n) is 4.09. The average Bonchev–Trinajstić information content (AvgIpc) is 2.90. The molecule has 24 heavy (non-hydrogen) atoms. The SMILES string of the molecule is C[C@H]1CNC[C@@H]1NC(=O)C(C)(C)COc1ncccc1C(F)(F)F. The molecule has 0 aliphatic carbocycles. The van der Waals surface area contributed by atoms with Gasteiger partial charge in [-0.15, -0.1) is 0 Å². The Kier molecular flexibility index (Phi) is 5.37. The van der Waals surface area contributed by atoms with Crippen molar-refractivity contribution in [3.63, 3.8) is 0 Å². The molecule has 0 bridgehead atoms. The van der Waals surface area contributed by atoms with E-state index in [1.165, 1.54) is 12.3 Å². The average molecular weight is 345 g/mol. The van der Waals surface area contributed by atoms with Gasteiger partial charge in [0, 0.05) is 18.8 Å². The summed E-state index contributed by atoms with van der Waals surface area (Å²) in [5.74, 6) is -0.465. The largest absolute Gasteiger partial charge is 0.476 e. The number of amides is 1. The van der Waals surface area contributed by atoms with Crippen LogP contribution >= 0.6 is 0 Å². The van der Waals surface area contributed by atoms with Crippen LogP contribution in [0.3, 0.4) is 0 Å². The summed E-state index contributed by atoms with van der Waals surface area (Å²) in [6.45, 7) is 6.59. The molecule has 0 aromatic carbocycles. The van der Waals surface area contributed by atoms with Gasteiger partial charge >= 0.3 is 6.18 Å². The van der Waals surface area contributed by atoms with Crippen molar-refractivity contribution in [1.29, 1.82) is 0 Å². The molecule has 1 aromatic rings. The summed E-state index contributed by atoms with van der Waals surface area (Å²) in [6.07, 6.45) is -3.33. The molecule has 8 heteroatoms. The van der Waals surface area contributed by atoms with Crippen molar-refractivity contribution in [3.8, 4) is 5.88 Å². The van der Waals surface area contributed by atoms with Crippen molar-refractivity contribution in [2.45, 2.75) is 33.0 Å². The summed E-state index contributed by atoms with van der Waals surface area (Å²) in [7, 11) is 0. The van der Waals surface area contributed by atoms with E-state index < -0.39 is 23.0 Å². The lowest BCUT2D eigenvalue weighted by Gasteiger charge is -2.27. The van der Waals surface area contributed by atoms with E-state index in [-0.39, 0.29) is 18.6 Å². The van der Waals surface area contributed by atoms with Gasteiger partial charge in [0.1, 0.15) is 12.2 Å². The van der Waals surface area contributed by atoms with Gasteiger partial charge in [0.15, 0.2) is 0 Å². The van der Waals surface area contributed by atoms with Crippen LogP contribution < -0.4 is 15.4 Å². The maximum Gasteiger partial charge on any atom is 0.421 e. The molecule has 2 atom stereocenters. The van der Waals surface area contributed by atoms with Crippen LogP contribution in [0.1, 0.15) is 26.3 Å². The first kappa shape index (κ1) is 18.5. The molecule has 1 aliphatic heterocycles. The van der Waals surface area contributed by atoms with E-state index in [1.54, 1.807) is 13.8 Å². The minimum atomic E-state index is -4.55. The summed E-state index contributed by atoms with van der Waals surface area (Å²) >= 11 is 0. The molecule has 2 rings (SSSR count). The van der Waals surface area contributed by atoms with Crippen molar-refractivity contribution >= 4 is 5.91 Å². The van der Waals surface area contributed by atoms with Gasteiger partial charge in [-0.3, -0.25) is 4.79 Å². The zero-order valence-corrected chi connectivity index (χ0v) is 13.9. The molecule has 1 saturated heterocycles. The minimum Gasteiger partial charge on any atom is -0.476 e. The van der Waals surface area contributed by atoms with Crippen LogP contribution in [0.5, 0.6) is 5.88 Å². The number of rotatable bonds is 5. The maximum absolute atomic E-state index is 12.9. The van der Waals surface area contributed by atoms with Crippen molar-refractivity contribution < 1.29 is 22.7 Å². The standard InChI is InChI=1S/C16H22F3N3O2/c1-10-7-20-8-12(10)22-14(23)15(2,3)9-24-13-11(16(17,18)19)5-4-6-21-13/h4-6,10,12,20H,7-9H2,1-3H3,(H,22,23)/t10-,12-/m0/s1. The predicted octanol–water partition coefficient (Wildman–Crippen LogP) is 2.23. The number of pyridine rings is 1. The second-order valence-electron chi connectivity index (χ2n) is 6.74. The van der Waals surface area contributed by atoms with Crippen LogP contribution in [-0.2, 0) is 11.0 Å². The molecule has 1 aliphatic rings. The van der Waals surface area contributed by atoms with E-state index in [0.717, 1.165) is 12.6 Å². The van der Waals surface area contributed by atoms with Gasteiger partial charge in [0.25, 0.3) is 0 Å². The fourth-order valence-electron chi connectivity index (χ4n) is 2.40. The number of halogens is 3. The Hall–Kier alpha value is -1.83. The molecule has 5 nitrogen and oxygen atoms in total. The zero-order valence-electron chi connectivity index (χ0n) is 13.9. The van der Waals surface area contributed by atoms with Gasteiger partial charge in [-0.25, -0.2) is 4.98 Å². The van der Waals surface area contributed by atoms with Crippen LogP contribution in [0.15, 0.2) is 18.3 Å². The molecule has 1 amide bonds. The molecule has 2 heterocycles. The zero-order chi connectivity index (χ0) is 18.0. The Bertz CT molecular complexity index is 590. The molecule has 2 N–H and O–H groups in total. The van der Waals surface area contributed by atoms with Gasteiger partial charge < -0.3 is 15.4 Å². The van der Waals surface area contributed by atoms with Gasteiger partial charge in [0.05, 0.1) is 5.41 Å². The quantitative estimate of drug-likeness (QED) is 0.859. The van der Waals surface area contributed by atoms with E-state index in [9.17, 15) is 18.0 Å². The highest BCUT2D eigenvalue weighted by Crippen LogP contribution is 2.35. The van der Waals surface area contributed by atoms with Crippen molar-refractivity contribution in [2.75, 3.05) is 19.7 Å². The van der Waals surface area contributed by atoms with E-state index >= 15 is 0 Å². The van der Waals surface area contributed by atoms with Crippen molar-refractivity contribution in [3.05, 3.63) is 23.9 Å². The first-order valence-corrected chi connectivity index (χ1v) is 7.78. The smallest absolute Gasteiger partial charge is 0.421 e. The number of hydrogen-bond donors (Lipinski definition) is 2.